The van der Waals surface area contributed by atoms with Crippen molar-refractivity contribution in [2.45, 2.75) is 115 Å². The summed E-state index contributed by atoms with van der Waals surface area (Å²) in [5.41, 5.74) is 10.5. The number of hydrogen-bond donors (Lipinski definition) is 2. The van der Waals surface area contributed by atoms with Crippen LogP contribution in [0.3, 0.4) is 0 Å². The highest BCUT2D eigenvalue weighted by atomic mass is 32.1. The minimum atomic E-state index is -2.02. The Labute approximate surface area is 345 Å². The third kappa shape index (κ3) is 6.63. The zero-order valence-electron chi connectivity index (χ0n) is 34.9. The topological polar surface area (TPSA) is 113 Å². The summed E-state index contributed by atoms with van der Waals surface area (Å²) in [7, 11) is -2.02. The fraction of sp³-hybridized carbons (Fsp3) is 0.556. The van der Waals surface area contributed by atoms with E-state index in [-0.39, 0.29) is 18.2 Å². The number of H-pyrrole nitrogens is 1. The van der Waals surface area contributed by atoms with Crippen LogP contribution < -0.4 is 9.64 Å². The smallest absolute Gasteiger partial charge is 0.319 e. The summed E-state index contributed by atoms with van der Waals surface area (Å²) in [6.45, 7) is 19.2. The highest BCUT2D eigenvalue weighted by Crippen LogP contribution is 2.48. The lowest BCUT2D eigenvalue weighted by molar-refractivity contribution is -0.0123. The van der Waals surface area contributed by atoms with Crippen molar-refractivity contribution in [2.24, 2.45) is 0 Å². The van der Waals surface area contributed by atoms with Crippen LogP contribution in [0, 0.1) is 11.5 Å². The predicted octanol–water partition coefficient (Wildman–Crippen LogP) is 8.88. The molecule has 0 bridgehead atoms. The van der Waals surface area contributed by atoms with Gasteiger partial charge in [0.15, 0.2) is 0 Å². The van der Waals surface area contributed by atoms with Crippen molar-refractivity contribution in [3.63, 3.8) is 0 Å². The summed E-state index contributed by atoms with van der Waals surface area (Å²) in [6, 6.07) is 4.57. The summed E-state index contributed by atoms with van der Waals surface area (Å²) < 4.78 is 28.1. The van der Waals surface area contributed by atoms with E-state index in [9.17, 15) is 9.50 Å². The molecule has 3 saturated heterocycles. The quantitative estimate of drug-likeness (QED) is 0.117. The third-order valence-corrected chi connectivity index (χ3v) is 21.0. The first-order valence-electron chi connectivity index (χ1n) is 21.2. The second kappa shape index (κ2) is 15.0. The van der Waals surface area contributed by atoms with Gasteiger partial charge in [-0.2, -0.15) is 15.1 Å². The lowest BCUT2D eigenvalue weighted by Crippen LogP contribution is -2.43. The van der Waals surface area contributed by atoms with E-state index in [1.165, 1.54) is 5.56 Å². The van der Waals surface area contributed by atoms with Gasteiger partial charge in [-0.15, -0.1) is 16.9 Å². The molecule has 1 aromatic carbocycles. The fourth-order valence-electron chi connectivity index (χ4n) is 11.0. The fourth-order valence-corrected chi connectivity index (χ4v) is 17.3. The van der Waals surface area contributed by atoms with Crippen molar-refractivity contribution < 1.29 is 19.0 Å². The van der Waals surface area contributed by atoms with Crippen LogP contribution in [0.5, 0.6) is 6.01 Å². The molecule has 7 heterocycles. The van der Waals surface area contributed by atoms with Gasteiger partial charge < -0.3 is 19.5 Å². The van der Waals surface area contributed by atoms with Crippen molar-refractivity contribution in [3.8, 4) is 28.7 Å². The number of aliphatic hydroxyl groups is 1. The second-order valence-electron chi connectivity index (χ2n) is 18.4. The summed E-state index contributed by atoms with van der Waals surface area (Å²) in [5, 5.41) is 22.0. The number of anilines is 1. The van der Waals surface area contributed by atoms with Gasteiger partial charge in [-0.25, -0.2) is 4.39 Å². The number of ether oxygens (including phenoxy) is 2. The van der Waals surface area contributed by atoms with E-state index < -0.39 is 19.8 Å². The van der Waals surface area contributed by atoms with Gasteiger partial charge in [-0.3, -0.25) is 15.0 Å². The van der Waals surface area contributed by atoms with Crippen LogP contribution in [0.15, 0.2) is 30.6 Å². The first-order chi connectivity index (χ1) is 27.8. The van der Waals surface area contributed by atoms with Crippen LogP contribution >= 0.6 is 11.3 Å². The van der Waals surface area contributed by atoms with Crippen LogP contribution in [-0.2, 0) is 11.2 Å². The Morgan fingerprint density at radius 1 is 1.12 bits per heavy atom. The van der Waals surface area contributed by atoms with Gasteiger partial charge >= 0.3 is 6.01 Å². The first kappa shape index (κ1) is 39.5. The Kier molecular flexibility index (Phi) is 10.2. The molecule has 13 heteroatoms. The Hall–Kier alpha value is -3.93. The molecule has 5 aromatic rings. The molecule has 4 aliphatic rings. The molecule has 2 N–H and O–H groups in total. The Morgan fingerprint density at radius 2 is 1.93 bits per heavy atom. The van der Waals surface area contributed by atoms with Gasteiger partial charge in [0, 0.05) is 53.2 Å². The van der Waals surface area contributed by atoms with Crippen molar-refractivity contribution in [1.29, 1.82) is 0 Å². The average Bonchev–Trinajstić information content (AvgIpc) is 3.93. The molecule has 4 aromatic heterocycles. The maximum Gasteiger partial charge on any atom is 0.319 e. The number of nitrogens with one attached hydrogen (secondary N) is 1. The first-order valence-corrected chi connectivity index (χ1v) is 24.2. The van der Waals surface area contributed by atoms with Gasteiger partial charge in [-0.05, 0) is 73.5 Å². The van der Waals surface area contributed by atoms with Crippen molar-refractivity contribution in [2.75, 3.05) is 50.9 Å². The molecule has 58 heavy (non-hydrogen) atoms. The van der Waals surface area contributed by atoms with Gasteiger partial charge in [0.1, 0.15) is 37.1 Å². The Morgan fingerprint density at radius 3 is 2.72 bits per heavy atom. The minimum absolute atomic E-state index is 0.232. The van der Waals surface area contributed by atoms with Gasteiger partial charge in [-0.1, -0.05) is 53.5 Å². The summed E-state index contributed by atoms with van der Waals surface area (Å²) in [6.07, 6.45) is 9.50. The second-order valence-corrected chi connectivity index (χ2v) is 25.0. The maximum atomic E-state index is 14.7. The Bertz CT molecular complexity index is 2460. The van der Waals surface area contributed by atoms with Crippen LogP contribution in [-0.4, -0.2) is 107 Å². The number of nitrogens with zero attached hydrogens (tertiary/aromatic N) is 6. The number of aromatic nitrogens is 5. The number of allylic oxidation sites excluding steroid dienone is 2. The SMILES string of the molecule is CC(C)[Si](C#CC1=CCCc2cc3[nH]ncc3c(-c3nccc4c3sc3nc(OC[C@@]56CCCN5C[C@H](F)C6)nc(N5CCOC[C@@](C)(O)C5)c34)c21)(C(C)C)C(C)C. The third-order valence-electron chi connectivity index (χ3n) is 13.6. The molecular weight excluding hydrogens is 766 g/mol. The van der Waals surface area contributed by atoms with Crippen molar-refractivity contribution >= 4 is 62.0 Å². The molecule has 0 spiro atoms. The lowest BCUT2D eigenvalue weighted by atomic mass is 9.84. The van der Waals surface area contributed by atoms with E-state index in [4.69, 9.17) is 24.4 Å². The predicted molar refractivity (Wildman–Crippen MR) is 235 cm³/mol. The summed E-state index contributed by atoms with van der Waals surface area (Å²) in [5.74, 6) is 4.53. The van der Waals surface area contributed by atoms with Crippen LogP contribution in [0.1, 0.15) is 85.3 Å². The molecule has 306 valence electrons. The zero-order valence-corrected chi connectivity index (χ0v) is 36.7. The molecule has 3 aliphatic heterocycles. The molecule has 0 unspecified atom stereocenters. The number of aromatic amines is 1. The van der Waals surface area contributed by atoms with Crippen LogP contribution in [0.2, 0.25) is 16.6 Å². The van der Waals surface area contributed by atoms with Gasteiger partial charge in [0.05, 0.1) is 52.8 Å². The largest absolute Gasteiger partial charge is 0.461 e. The number of β-amino-alcohol motifs (C(OH)–C–C–N with tert-alkyl or cyclic N) is 1. The van der Waals surface area contributed by atoms with Gasteiger partial charge in [0.25, 0.3) is 0 Å². The van der Waals surface area contributed by atoms with E-state index in [0.29, 0.717) is 61.7 Å². The number of halogens is 1. The van der Waals surface area contributed by atoms with Crippen LogP contribution in [0.4, 0.5) is 10.2 Å². The number of aryl methyl sites for hydroxylation is 1. The normalized spacial score (nSPS) is 24.2. The number of rotatable bonds is 8. The van der Waals surface area contributed by atoms with E-state index in [0.717, 1.165) is 85.8 Å². The highest BCUT2D eigenvalue weighted by Gasteiger charge is 2.49. The number of benzene rings is 1. The van der Waals surface area contributed by atoms with Crippen molar-refractivity contribution in [1.82, 2.24) is 30.0 Å². The molecular formula is C45H56FN7O3SSi. The number of hydrogen-bond acceptors (Lipinski definition) is 10. The van der Waals surface area contributed by atoms with Crippen LogP contribution in [0.25, 0.3) is 48.0 Å². The molecule has 0 radical (unpaired) electrons. The van der Waals surface area contributed by atoms with E-state index in [2.05, 4.69) is 91.2 Å². The molecule has 1 aliphatic carbocycles. The maximum absolute atomic E-state index is 14.7. The van der Waals surface area contributed by atoms with E-state index >= 15 is 0 Å². The Balaban J connectivity index is 1.23. The summed E-state index contributed by atoms with van der Waals surface area (Å²) >= 11 is 1.59. The molecule has 0 saturated carbocycles. The van der Waals surface area contributed by atoms with Gasteiger partial charge in [0.2, 0.25) is 0 Å². The molecule has 10 nitrogen and oxygen atoms in total. The average molecular weight is 822 g/mol. The lowest BCUT2D eigenvalue weighted by Gasteiger charge is -2.38. The van der Waals surface area contributed by atoms with E-state index in [1.54, 1.807) is 18.3 Å². The number of fused-ring (bicyclic) bond motifs is 6. The summed E-state index contributed by atoms with van der Waals surface area (Å²) in [4.78, 5) is 20.5. The van der Waals surface area contributed by atoms with E-state index in [1.807, 2.05) is 12.4 Å². The zero-order chi connectivity index (χ0) is 40.6. The molecule has 3 fully saturated rings. The number of thiophene rings is 1. The monoisotopic (exact) mass is 821 g/mol. The van der Waals surface area contributed by atoms with Crippen molar-refractivity contribution in [3.05, 3.63) is 41.7 Å². The minimum Gasteiger partial charge on any atom is -0.461 e. The number of pyridine rings is 1. The number of alkyl halides is 1. The molecule has 9 rings (SSSR count). The molecule has 0 amide bonds. The standard InChI is InChI=1S/C45H56FN7O3SSi/c1-27(2)58(28(3)4,29(5)6)19-13-30-10-8-11-31-20-35-34(22-48-51-35)37(36(30)31)39-40-33(12-15-47-39)38-41(52-17-18-55-25-44(7,54)24-52)49-43(50-42(38)57-40)56-26-45-14-9-16-53(45)23-32(46)21-45/h10,12,15,20,22,27-29,32,54H,8-9,11,14,16-18,21,23-26H2,1-7H3,(H,48,51)/t32-,44+,45+/m1/s1. The molecule has 3 atom stereocenters. The highest BCUT2D eigenvalue weighted by molar-refractivity contribution is 7.26.